The quantitative estimate of drug-likeness (QED) is 0.504. The van der Waals surface area contributed by atoms with Gasteiger partial charge in [-0.3, -0.25) is 0 Å². The van der Waals surface area contributed by atoms with Crippen molar-refractivity contribution in [3.63, 3.8) is 0 Å². The number of hydrogen-bond acceptors (Lipinski definition) is 1. The van der Waals surface area contributed by atoms with Crippen molar-refractivity contribution in [1.82, 2.24) is 0 Å². The van der Waals surface area contributed by atoms with Gasteiger partial charge in [0.1, 0.15) is 5.84 Å². The van der Waals surface area contributed by atoms with E-state index >= 15 is 0 Å². The lowest BCUT2D eigenvalue weighted by atomic mass is 10.3. The van der Waals surface area contributed by atoms with E-state index < -0.39 is 0 Å². The molecule has 0 fully saturated rings. The third-order valence-electron chi connectivity index (χ3n) is 1.31. The van der Waals surface area contributed by atoms with Crippen LogP contribution in [0.5, 0.6) is 0 Å². The zero-order chi connectivity index (χ0) is 9.84. The monoisotopic (exact) mass is 280 g/mol. The average molecular weight is 282 g/mol. The first-order valence-electron chi connectivity index (χ1n) is 3.47. The van der Waals surface area contributed by atoms with Crippen molar-refractivity contribution >= 4 is 50.7 Å². The highest BCUT2D eigenvalue weighted by molar-refractivity contribution is 9.10. The average Bonchev–Trinajstić information content (AvgIpc) is 2.09. The van der Waals surface area contributed by atoms with Gasteiger partial charge >= 0.3 is 0 Å². The summed E-state index contributed by atoms with van der Waals surface area (Å²) < 4.78 is 0.799. The molecule has 5 heteroatoms. The van der Waals surface area contributed by atoms with Crippen LogP contribution in [-0.4, -0.2) is 11.7 Å². The fraction of sp³-hybridized carbons (Fsp3) is 0.125. The van der Waals surface area contributed by atoms with Gasteiger partial charge in [-0.1, -0.05) is 11.6 Å². The van der Waals surface area contributed by atoms with Crippen molar-refractivity contribution in [2.24, 2.45) is 10.7 Å². The molecule has 0 saturated heterocycles. The summed E-state index contributed by atoms with van der Waals surface area (Å²) in [5, 5.41) is 0.648. The van der Waals surface area contributed by atoms with Gasteiger partial charge in [-0.15, -0.1) is 11.6 Å². The van der Waals surface area contributed by atoms with Crippen molar-refractivity contribution in [1.29, 1.82) is 0 Å². The minimum atomic E-state index is 0.217. The Kier molecular flexibility index (Phi) is 4.03. The van der Waals surface area contributed by atoms with Gasteiger partial charge in [0, 0.05) is 9.50 Å². The molecule has 0 spiro atoms. The van der Waals surface area contributed by atoms with Crippen LogP contribution in [0.1, 0.15) is 0 Å². The highest BCUT2D eigenvalue weighted by Crippen LogP contribution is 2.28. The lowest BCUT2D eigenvalue weighted by molar-refractivity contribution is 1.43. The van der Waals surface area contributed by atoms with Crippen molar-refractivity contribution < 1.29 is 0 Å². The molecular weight excluding hydrogens is 275 g/mol. The summed E-state index contributed by atoms with van der Waals surface area (Å²) in [5.74, 6) is 0.597. The molecule has 0 aliphatic carbocycles. The SMILES string of the molecule is NC(CCl)=Nc1ccc(Cl)cc1Br. The van der Waals surface area contributed by atoms with Crippen LogP contribution in [0.3, 0.4) is 0 Å². The molecule has 1 rings (SSSR count). The van der Waals surface area contributed by atoms with Crippen LogP contribution in [0.15, 0.2) is 27.7 Å². The number of benzene rings is 1. The largest absolute Gasteiger partial charge is 0.386 e. The molecule has 0 bridgehead atoms. The summed E-state index contributed by atoms with van der Waals surface area (Å²) in [4.78, 5) is 4.08. The van der Waals surface area contributed by atoms with E-state index in [0.29, 0.717) is 10.9 Å². The third kappa shape index (κ3) is 3.18. The Hall–Kier alpha value is -0.250. The highest BCUT2D eigenvalue weighted by Gasteiger charge is 1.99. The van der Waals surface area contributed by atoms with Gasteiger partial charge in [0.2, 0.25) is 0 Å². The predicted octanol–water partition coefficient (Wildman–Crippen LogP) is 3.33. The zero-order valence-corrected chi connectivity index (χ0v) is 9.70. The zero-order valence-electron chi connectivity index (χ0n) is 6.60. The number of hydrogen-bond donors (Lipinski definition) is 1. The van der Waals surface area contributed by atoms with E-state index in [0.717, 1.165) is 10.2 Å². The fourth-order valence-corrected chi connectivity index (χ4v) is 1.59. The molecular formula is C8H7BrCl2N2. The summed E-state index contributed by atoms with van der Waals surface area (Å²) in [5.41, 5.74) is 6.20. The van der Waals surface area contributed by atoms with E-state index in [4.69, 9.17) is 28.9 Å². The van der Waals surface area contributed by atoms with Crippen molar-refractivity contribution in [2.45, 2.75) is 0 Å². The maximum Gasteiger partial charge on any atom is 0.115 e. The molecule has 1 aromatic carbocycles. The maximum atomic E-state index is 5.75. The second kappa shape index (κ2) is 4.84. The van der Waals surface area contributed by atoms with Crippen molar-refractivity contribution in [2.75, 3.05) is 5.88 Å². The molecule has 0 saturated carbocycles. The Morgan fingerprint density at radius 3 is 2.77 bits per heavy atom. The lowest BCUT2D eigenvalue weighted by Crippen LogP contribution is -2.12. The smallest absolute Gasteiger partial charge is 0.115 e. The molecule has 0 radical (unpaired) electrons. The van der Waals surface area contributed by atoms with Crippen LogP contribution >= 0.6 is 39.1 Å². The minimum absolute atomic E-state index is 0.217. The van der Waals surface area contributed by atoms with Gasteiger partial charge < -0.3 is 5.73 Å². The molecule has 1 aromatic rings. The maximum absolute atomic E-state index is 5.75. The highest BCUT2D eigenvalue weighted by atomic mass is 79.9. The molecule has 0 aliphatic heterocycles. The van der Waals surface area contributed by atoms with Crippen LogP contribution in [0, 0.1) is 0 Å². The Morgan fingerprint density at radius 2 is 2.23 bits per heavy atom. The summed E-state index contributed by atoms with van der Waals surface area (Å²) in [6, 6.07) is 5.26. The van der Waals surface area contributed by atoms with Crippen LogP contribution in [0.4, 0.5) is 5.69 Å². The fourth-order valence-electron chi connectivity index (χ4n) is 0.757. The Labute approximate surface area is 94.9 Å². The molecule has 0 amide bonds. The Morgan fingerprint density at radius 1 is 1.54 bits per heavy atom. The van der Waals surface area contributed by atoms with Crippen LogP contribution in [0.2, 0.25) is 5.02 Å². The second-order valence-electron chi connectivity index (χ2n) is 2.33. The van der Waals surface area contributed by atoms with Crippen molar-refractivity contribution in [3.8, 4) is 0 Å². The lowest BCUT2D eigenvalue weighted by Gasteiger charge is -1.99. The molecule has 2 nitrogen and oxygen atoms in total. The Balaban J connectivity index is 3.03. The molecule has 13 heavy (non-hydrogen) atoms. The van der Waals surface area contributed by atoms with E-state index in [2.05, 4.69) is 20.9 Å². The minimum Gasteiger partial charge on any atom is -0.386 e. The van der Waals surface area contributed by atoms with E-state index in [-0.39, 0.29) is 5.88 Å². The number of rotatable bonds is 2. The predicted molar refractivity (Wildman–Crippen MR) is 61.2 cm³/mol. The van der Waals surface area contributed by atoms with Gasteiger partial charge in [0.05, 0.1) is 11.6 Å². The Bertz CT molecular complexity index is 339. The third-order valence-corrected chi connectivity index (χ3v) is 2.45. The molecule has 0 aliphatic rings. The van der Waals surface area contributed by atoms with E-state index in [1.165, 1.54) is 0 Å². The van der Waals surface area contributed by atoms with Crippen LogP contribution in [0.25, 0.3) is 0 Å². The molecule has 0 unspecified atom stereocenters. The van der Waals surface area contributed by atoms with E-state index in [1.807, 2.05) is 0 Å². The standard InChI is InChI=1S/C8H7BrCl2N2/c9-6-3-5(11)1-2-7(6)13-8(12)4-10/h1-3H,4H2,(H2,12,13). The van der Waals surface area contributed by atoms with Gasteiger partial charge in [-0.25, -0.2) is 4.99 Å². The molecule has 0 aromatic heterocycles. The number of nitrogens with two attached hydrogens (primary N) is 1. The molecule has 0 atom stereocenters. The number of nitrogens with zero attached hydrogens (tertiary/aromatic N) is 1. The number of halogens is 3. The van der Waals surface area contributed by atoms with Crippen LogP contribution in [-0.2, 0) is 0 Å². The second-order valence-corrected chi connectivity index (χ2v) is 3.89. The topological polar surface area (TPSA) is 38.4 Å². The first-order valence-corrected chi connectivity index (χ1v) is 5.18. The number of amidine groups is 1. The van der Waals surface area contributed by atoms with Crippen LogP contribution < -0.4 is 5.73 Å². The van der Waals surface area contributed by atoms with E-state index in [9.17, 15) is 0 Å². The molecule has 0 heterocycles. The summed E-state index contributed by atoms with van der Waals surface area (Å²) >= 11 is 14.6. The summed E-state index contributed by atoms with van der Waals surface area (Å²) in [6.07, 6.45) is 0. The molecule has 2 N–H and O–H groups in total. The van der Waals surface area contributed by atoms with Gasteiger partial charge in [-0.2, -0.15) is 0 Å². The van der Waals surface area contributed by atoms with Gasteiger partial charge in [0.15, 0.2) is 0 Å². The molecule has 70 valence electrons. The number of alkyl halides is 1. The van der Waals surface area contributed by atoms with Crippen molar-refractivity contribution in [3.05, 3.63) is 27.7 Å². The van der Waals surface area contributed by atoms with E-state index in [1.54, 1.807) is 18.2 Å². The first kappa shape index (κ1) is 10.8. The summed E-state index contributed by atoms with van der Waals surface area (Å²) in [6.45, 7) is 0. The van der Waals surface area contributed by atoms with Gasteiger partial charge in [-0.05, 0) is 34.1 Å². The number of aliphatic imine (C=N–C) groups is 1. The normalized spacial score (nSPS) is 11.8. The summed E-state index contributed by atoms with van der Waals surface area (Å²) in [7, 11) is 0. The first-order chi connectivity index (χ1) is 6.13. The van der Waals surface area contributed by atoms with Gasteiger partial charge in [0.25, 0.3) is 0 Å².